The van der Waals surface area contributed by atoms with Gasteiger partial charge in [-0.3, -0.25) is 14.2 Å². The molecule has 1 aromatic carbocycles. The standard InChI is InChI=1S/C16H17FN4O2S/c1-11-18-19-16(21(11)10-15(23)20(2)3)24-9-8-14(22)12-4-6-13(17)7-5-12/h4-9H,10H2,1-3H3/b9-8+. The molecule has 126 valence electrons. The Morgan fingerprint density at radius 3 is 2.54 bits per heavy atom. The molecular formula is C16H17FN4O2S. The van der Waals surface area contributed by atoms with Crippen LogP contribution in [0, 0.1) is 12.7 Å². The molecule has 0 aliphatic carbocycles. The lowest BCUT2D eigenvalue weighted by Crippen LogP contribution is -2.26. The summed E-state index contributed by atoms with van der Waals surface area (Å²) in [7, 11) is 3.35. The van der Waals surface area contributed by atoms with Crippen LogP contribution in [0.25, 0.3) is 0 Å². The fourth-order valence-electron chi connectivity index (χ4n) is 1.77. The zero-order valence-corrected chi connectivity index (χ0v) is 14.4. The van der Waals surface area contributed by atoms with Gasteiger partial charge in [0.25, 0.3) is 0 Å². The molecule has 0 saturated carbocycles. The monoisotopic (exact) mass is 348 g/mol. The van der Waals surface area contributed by atoms with Gasteiger partial charge in [-0.15, -0.1) is 10.2 Å². The van der Waals surface area contributed by atoms with Gasteiger partial charge in [0.2, 0.25) is 5.91 Å². The molecule has 1 aromatic heterocycles. The maximum absolute atomic E-state index is 12.8. The van der Waals surface area contributed by atoms with Crippen molar-refractivity contribution in [2.75, 3.05) is 14.1 Å². The Hall–Kier alpha value is -2.48. The largest absolute Gasteiger partial charge is 0.347 e. The lowest BCUT2D eigenvalue weighted by Gasteiger charge is -2.12. The summed E-state index contributed by atoms with van der Waals surface area (Å²) in [6, 6.07) is 5.33. The van der Waals surface area contributed by atoms with E-state index in [2.05, 4.69) is 10.2 Å². The van der Waals surface area contributed by atoms with Gasteiger partial charge < -0.3 is 4.90 Å². The van der Waals surface area contributed by atoms with Crippen molar-refractivity contribution in [2.24, 2.45) is 0 Å². The molecule has 0 aliphatic heterocycles. The van der Waals surface area contributed by atoms with Gasteiger partial charge in [0.1, 0.15) is 18.2 Å². The van der Waals surface area contributed by atoms with E-state index < -0.39 is 0 Å². The average molecular weight is 348 g/mol. The Morgan fingerprint density at radius 1 is 1.25 bits per heavy atom. The molecular weight excluding hydrogens is 331 g/mol. The van der Waals surface area contributed by atoms with Crippen molar-refractivity contribution < 1.29 is 14.0 Å². The van der Waals surface area contributed by atoms with E-state index in [9.17, 15) is 14.0 Å². The van der Waals surface area contributed by atoms with E-state index in [1.807, 2.05) is 0 Å². The normalized spacial score (nSPS) is 11.0. The molecule has 0 N–H and O–H groups in total. The second-order valence-corrected chi connectivity index (χ2v) is 6.07. The SMILES string of the molecule is Cc1nnc(S/C=C/C(=O)c2ccc(F)cc2)n1CC(=O)N(C)C. The minimum Gasteiger partial charge on any atom is -0.347 e. The molecule has 2 rings (SSSR count). The number of hydrogen-bond donors (Lipinski definition) is 0. The van der Waals surface area contributed by atoms with Gasteiger partial charge in [0.05, 0.1) is 0 Å². The summed E-state index contributed by atoms with van der Waals surface area (Å²) in [6.07, 6.45) is 1.38. The zero-order valence-electron chi connectivity index (χ0n) is 13.6. The Bertz CT molecular complexity index is 769. The van der Waals surface area contributed by atoms with Crippen molar-refractivity contribution in [3.63, 3.8) is 0 Å². The van der Waals surface area contributed by atoms with E-state index in [1.54, 1.807) is 31.0 Å². The van der Waals surface area contributed by atoms with Crippen molar-refractivity contribution in [1.29, 1.82) is 0 Å². The van der Waals surface area contributed by atoms with Crippen LogP contribution in [0.3, 0.4) is 0 Å². The molecule has 24 heavy (non-hydrogen) atoms. The number of aryl methyl sites for hydroxylation is 1. The number of benzene rings is 1. The maximum Gasteiger partial charge on any atom is 0.242 e. The summed E-state index contributed by atoms with van der Waals surface area (Å²) in [4.78, 5) is 25.3. The Balaban J connectivity index is 2.05. The summed E-state index contributed by atoms with van der Waals surface area (Å²) in [5.74, 6) is -0.0919. The summed E-state index contributed by atoms with van der Waals surface area (Å²) in [5.41, 5.74) is 0.397. The highest BCUT2D eigenvalue weighted by Crippen LogP contribution is 2.18. The minimum absolute atomic E-state index is 0.0777. The van der Waals surface area contributed by atoms with Crippen LogP contribution in [-0.2, 0) is 11.3 Å². The van der Waals surface area contributed by atoms with E-state index in [0.29, 0.717) is 16.5 Å². The van der Waals surface area contributed by atoms with E-state index in [-0.39, 0.29) is 24.1 Å². The number of allylic oxidation sites excluding steroid dienone is 1. The molecule has 0 fully saturated rings. The van der Waals surface area contributed by atoms with Crippen molar-refractivity contribution in [2.45, 2.75) is 18.6 Å². The third-order valence-electron chi connectivity index (χ3n) is 3.22. The molecule has 1 heterocycles. The highest BCUT2D eigenvalue weighted by Gasteiger charge is 2.13. The van der Waals surface area contributed by atoms with Crippen molar-refractivity contribution in [3.05, 3.63) is 53.0 Å². The third kappa shape index (κ3) is 4.51. The zero-order chi connectivity index (χ0) is 17.7. The average Bonchev–Trinajstić information content (AvgIpc) is 2.88. The van der Waals surface area contributed by atoms with Crippen LogP contribution in [0.15, 0.2) is 40.9 Å². The fourth-order valence-corrected chi connectivity index (χ4v) is 2.50. The predicted molar refractivity (Wildman–Crippen MR) is 89.2 cm³/mol. The number of ketones is 1. The number of likely N-dealkylation sites (N-methyl/N-ethyl adjacent to an activating group) is 1. The first-order chi connectivity index (χ1) is 11.4. The molecule has 0 spiro atoms. The Labute approximate surface area is 143 Å². The molecule has 1 amide bonds. The van der Waals surface area contributed by atoms with Crippen molar-refractivity contribution in [3.8, 4) is 0 Å². The van der Waals surface area contributed by atoms with Crippen LogP contribution >= 0.6 is 11.8 Å². The first-order valence-corrected chi connectivity index (χ1v) is 7.99. The number of amides is 1. The highest BCUT2D eigenvalue weighted by molar-refractivity contribution is 8.02. The maximum atomic E-state index is 12.8. The molecule has 8 heteroatoms. The Kier molecular flexibility index (Phi) is 5.86. The number of halogens is 1. The van der Waals surface area contributed by atoms with Crippen molar-refractivity contribution >= 4 is 23.5 Å². The molecule has 6 nitrogen and oxygen atoms in total. The van der Waals surface area contributed by atoms with E-state index in [4.69, 9.17) is 0 Å². The van der Waals surface area contributed by atoms with Gasteiger partial charge in [0, 0.05) is 19.7 Å². The van der Waals surface area contributed by atoms with Crippen LogP contribution in [0.2, 0.25) is 0 Å². The van der Waals surface area contributed by atoms with Gasteiger partial charge in [-0.25, -0.2) is 4.39 Å². The fraction of sp³-hybridized carbons (Fsp3) is 0.250. The first-order valence-electron chi connectivity index (χ1n) is 7.11. The molecule has 0 unspecified atom stereocenters. The predicted octanol–water partition coefficient (Wildman–Crippen LogP) is 2.30. The van der Waals surface area contributed by atoms with E-state index in [1.165, 1.54) is 47.0 Å². The quantitative estimate of drug-likeness (QED) is 0.455. The van der Waals surface area contributed by atoms with Crippen LogP contribution in [0.1, 0.15) is 16.2 Å². The summed E-state index contributed by atoms with van der Waals surface area (Å²) in [6.45, 7) is 1.89. The van der Waals surface area contributed by atoms with Crippen LogP contribution < -0.4 is 0 Å². The van der Waals surface area contributed by atoms with E-state index >= 15 is 0 Å². The molecule has 2 aromatic rings. The third-order valence-corrected chi connectivity index (χ3v) is 4.00. The molecule has 0 bridgehead atoms. The number of carbonyl (C=O) groups is 2. The van der Waals surface area contributed by atoms with Gasteiger partial charge in [-0.2, -0.15) is 0 Å². The number of rotatable bonds is 6. The number of aromatic nitrogens is 3. The smallest absolute Gasteiger partial charge is 0.242 e. The minimum atomic E-state index is -0.390. The Morgan fingerprint density at radius 2 is 1.92 bits per heavy atom. The van der Waals surface area contributed by atoms with Gasteiger partial charge in [0.15, 0.2) is 10.9 Å². The second-order valence-electron chi connectivity index (χ2n) is 5.20. The number of carbonyl (C=O) groups excluding carboxylic acids is 2. The summed E-state index contributed by atoms with van der Waals surface area (Å²) in [5, 5.41) is 10.1. The van der Waals surface area contributed by atoms with Gasteiger partial charge >= 0.3 is 0 Å². The van der Waals surface area contributed by atoms with Crippen LogP contribution in [-0.4, -0.2) is 45.5 Å². The molecule has 0 aliphatic rings. The lowest BCUT2D eigenvalue weighted by atomic mass is 10.1. The summed E-state index contributed by atoms with van der Waals surface area (Å²) >= 11 is 1.19. The second kappa shape index (κ2) is 7.87. The molecule has 0 atom stereocenters. The van der Waals surface area contributed by atoms with Crippen LogP contribution in [0.5, 0.6) is 0 Å². The summed E-state index contributed by atoms with van der Waals surface area (Å²) < 4.78 is 14.5. The highest BCUT2D eigenvalue weighted by atomic mass is 32.2. The molecule has 0 radical (unpaired) electrons. The van der Waals surface area contributed by atoms with Gasteiger partial charge in [-0.05, 0) is 42.7 Å². The molecule has 0 saturated heterocycles. The lowest BCUT2D eigenvalue weighted by molar-refractivity contribution is -0.129. The van der Waals surface area contributed by atoms with Gasteiger partial charge in [-0.1, -0.05) is 11.8 Å². The van der Waals surface area contributed by atoms with Crippen molar-refractivity contribution in [1.82, 2.24) is 19.7 Å². The van der Waals surface area contributed by atoms with E-state index in [0.717, 1.165) is 0 Å². The first kappa shape index (κ1) is 17.9. The number of nitrogens with zero attached hydrogens (tertiary/aromatic N) is 4. The number of hydrogen-bond acceptors (Lipinski definition) is 5. The number of thioether (sulfide) groups is 1. The van der Waals surface area contributed by atoms with Crippen LogP contribution in [0.4, 0.5) is 4.39 Å². The topological polar surface area (TPSA) is 68.1 Å².